The second-order valence-electron chi connectivity index (χ2n) is 4.66. The maximum atomic E-state index is 12.0. The number of rotatable bonds is 6. The Balaban J connectivity index is 3.13. The van der Waals surface area contributed by atoms with Crippen molar-refractivity contribution in [2.75, 3.05) is 19.4 Å². The first-order chi connectivity index (χ1) is 9.67. The summed E-state index contributed by atoms with van der Waals surface area (Å²) in [6.45, 7) is 5.47. The van der Waals surface area contributed by atoms with Crippen molar-refractivity contribution >= 4 is 16.0 Å². The molecule has 0 aliphatic heterocycles. The van der Waals surface area contributed by atoms with Crippen LogP contribution in [0.2, 0.25) is 0 Å². The lowest BCUT2D eigenvalue weighted by molar-refractivity contribution is 0.0523. The van der Waals surface area contributed by atoms with Gasteiger partial charge in [0, 0.05) is 24.8 Å². The second-order valence-corrected chi connectivity index (χ2v) is 6.50. The van der Waals surface area contributed by atoms with Crippen molar-refractivity contribution in [2.24, 2.45) is 0 Å². The van der Waals surface area contributed by atoms with E-state index < -0.39 is 16.0 Å². The number of carbonyl (C=O) groups is 1. The molecule has 0 aliphatic carbocycles. The molecule has 118 valence electrons. The van der Waals surface area contributed by atoms with Crippen molar-refractivity contribution in [3.8, 4) is 0 Å². The molecule has 0 atom stereocenters. The zero-order valence-corrected chi connectivity index (χ0v) is 13.4. The van der Waals surface area contributed by atoms with Gasteiger partial charge in [0.05, 0.1) is 18.4 Å². The Morgan fingerprint density at radius 2 is 2.00 bits per heavy atom. The zero-order valence-electron chi connectivity index (χ0n) is 12.6. The van der Waals surface area contributed by atoms with Crippen LogP contribution in [-0.2, 0) is 21.3 Å². The van der Waals surface area contributed by atoms with Crippen LogP contribution >= 0.6 is 0 Å². The molecule has 21 heavy (non-hydrogen) atoms. The van der Waals surface area contributed by atoms with Crippen molar-refractivity contribution in [3.05, 3.63) is 33.2 Å². The third kappa shape index (κ3) is 4.68. The van der Waals surface area contributed by atoms with Crippen LogP contribution in [0.3, 0.4) is 0 Å². The fourth-order valence-corrected chi connectivity index (χ4v) is 2.52. The first-order valence-electron chi connectivity index (χ1n) is 6.50. The molecule has 1 rings (SSSR count). The Kier molecular flexibility index (Phi) is 5.68. The minimum Gasteiger partial charge on any atom is -0.462 e. The largest absolute Gasteiger partial charge is 0.462 e. The summed E-state index contributed by atoms with van der Waals surface area (Å²) in [5.74, 6) is -0.489. The number of nitrogens with zero attached hydrogens (tertiary/aromatic N) is 1. The molecule has 0 saturated carbocycles. The summed E-state index contributed by atoms with van der Waals surface area (Å²) >= 11 is 0. The Labute approximate surface area is 124 Å². The summed E-state index contributed by atoms with van der Waals surface area (Å²) in [5.41, 5.74) is 1.07. The molecule has 1 heterocycles. The van der Waals surface area contributed by atoms with Gasteiger partial charge in [-0.2, -0.15) is 0 Å². The predicted molar refractivity (Wildman–Crippen MR) is 79.0 cm³/mol. The number of esters is 1. The van der Waals surface area contributed by atoms with Crippen molar-refractivity contribution in [1.29, 1.82) is 0 Å². The second kappa shape index (κ2) is 6.86. The van der Waals surface area contributed by atoms with Gasteiger partial charge in [-0.3, -0.25) is 4.79 Å². The number of aromatic nitrogens is 1. The van der Waals surface area contributed by atoms with Gasteiger partial charge in [-0.1, -0.05) is 0 Å². The molecule has 7 nitrogen and oxygen atoms in total. The molecule has 0 aliphatic rings. The van der Waals surface area contributed by atoms with E-state index in [0.717, 1.165) is 6.26 Å². The normalized spacial score (nSPS) is 11.4. The van der Waals surface area contributed by atoms with Crippen molar-refractivity contribution < 1.29 is 17.9 Å². The number of nitrogens with one attached hydrogen (secondary N) is 1. The lowest BCUT2D eigenvalue weighted by Crippen LogP contribution is -2.32. The van der Waals surface area contributed by atoms with Crippen LogP contribution in [0.1, 0.15) is 28.5 Å². The summed E-state index contributed by atoms with van der Waals surface area (Å²) in [5, 5.41) is 0. The molecule has 8 heteroatoms. The first kappa shape index (κ1) is 17.4. The van der Waals surface area contributed by atoms with E-state index in [1.54, 1.807) is 20.8 Å². The minimum atomic E-state index is -3.32. The summed E-state index contributed by atoms with van der Waals surface area (Å²) in [6, 6.07) is 1.35. The highest BCUT2D eigenvalue weighted by Crippen LogP contribution is 2.12. The Hall–Kier alpha value is -1.67. The third-order valence-corrected chi connectivity index (χ3v) is 3.67. The van der Waals surface area contributed by atoms with E-state index >= 15 is 0 Å². The molecular weight excluding hydrogens is 296 g/mol. The first-order valence-corrected chi connectivity index (χ1v) is 8.39. The quantitative estimate of drug-likeness (QED) is 0.756. The van der Waals surface area contributed by atoms with Gasteiger partial charge in [0.15, 0.2) is 0 Å². The molecule has 1 N–H and O–H groups in total. The maximum absolute atomic E-state index is 12.0. The van der Waals surface area contributed by atoms with Gasteiger partial charge in [0.2, 0.25) is 10.0 Å². The molecule has 0 unspecified atom stereocenters. The topological polar surface area (TPSA) is 94.5 Å². The highest BCUT2D eigenvalue weighted by molar-refractivity contribution is 7.88. The number of aryl methyl sites for hydroxylation is 1. The van der Waals surface area contributed by atoms with Gasteiger partial charge in [-0.25, -0.2) is 17.9 Å². The number of carbonyl (C=O) groups excluding carboxylic acids is 1. The van der Waals surface area contributed by atoms with Crippen molar-refractivity contribution in [1.82, 2.24) is 9.29 Å². The SMILES string of the molecule is CCOC(=O)c1c(C)cc(=O)n(CCNS(C)(=O)=O)c1C. The molecule has 0 spiro atoms. The fourth-order valence-electron chi connectivity index (χ4n) is 2.05. The summed E-state index contributed by atoms with van der Waals surface area (Å²) in [6.07, 6.45) is 1.04. The number of ether oxygens (including phenoxy) is 1. The lowest BCUT2D eigenvalue weighted by Gasteiger charge is -2.15. The van der Waals surface area contributed by atoms with Crippen LogP contribution in [0.4, 0.5) is 0 Å². The summed E-state index contributed by atoms with van der Waals surface area (Å²) in [7, 11) is -3.32. The number of hydrogen-bond donors (Lipinski definition) is 1. The van der Waals surface area contributed by atoms with Crippen LogP contribution in [0, 0.1) is 13.8 Å². The van der Waals surface area contributed by atoms with E-state index in [1.165, 1.54) is 10.6 Å². The van der Waals surface area contributed by atoms with Crippen LogP contribution in [0.15, 0.2) is 10.9 Å². The molecule has 1 aromatic heterocycles. The Morgan fingerprint density at radius 1 is 1.38 bits per heavy atom. The average Bonchev–Trinajstić information content (AvgIpc) is 2.32. The van der Waals surface area contributed by atoms with Gasteiger partial charge in [-0.15, -0.1) is 0 Å². The minimum absolute atomic E-state index is 0.0743. The van der Waals surface area contributed by atoms with Gasteiger partial charge < -0.3 is 9.30 Å². The summed E-state index contributed by atoms with van der Waals surface area (Å²) in [4.78, 5) is 23.9. The molecule has 0 amide bonds. The van der Waals surface area contributed by atoms with E-state index in [4.69, 9.17) is 4.74 Å². The Bertz CT molecular complexity index is 691. The van der Waals surface area contributed by atoms with E-state index in [1.807, 2.05) is 0 Å². The lowest BCUT2D eigenvalue weighted by atomic mass is 10.1. The number of sulfonamides is 1. The standard InChI is InChI=1S/C13H20N2O5S/c1-5-20-13(17)12-9(2)8-11(16)15(10(12)3)7-6-14-21(4,18)19/h8,14H,5-7H2,1-4H3. The molecule has 0 radical (unpaired) electrons. The highest BCUT2D eigenvalue weighted by atomic mass is 32.2. The predicted octanol–water partition coefficient (Wildman–Crippen LogP) is 0.191. The molecule has 1 aromatic rings. The molecule has 0 aromatic carbocycles. The fraction of sp³-hybridized carbons (Fsp3) is 0.538. The molecule has 0 bridgehead atoms. The van der Waals surface area contributed by atoms with Crippen molar-refractivity contribution in [3.63, 3.8) is 0 Å². The van der Waals surface area contributed by atoms with E-state index in [2.05, 4.69) is 4.72 Å². The van der Waals surface area contributed by atoms with Crippen LogP contribution in [-0.4, -0.2) is 38.4 Å². The summed E-state index contributed by atoms with van der Waals surface area (Å²) < 4.78 is 30.7. The number of hydrogen-bond acceptors (Lipinski definition) is 5. The van der Waals surface area contributed by atoms with E-state index in [9.17, 15) is 18.0 Å². The van der Waals surface area contributed by atoms with Crippen molar-refractivity contribution in [2.45, 2.75) is 27.3 Å². The average molecular weight is 316 g/mol. The van der Waals surface area contributed by atoms with Gasteiger partial charge in [-0.05, 0) is 26.3 Å². The van der Waals surface area contributed by atoms with Gasteiger partial charge in [0.25, 0.3) is 5.56 Å². The molecular formula is C13H20N2O5S. The Morgan fingerprint density at radius 3 is 2.52 bits per heavy atom. The van der Waals surface area contributed by atoms with Crippen LogP contribution < -0.4 is 10.3 Å². The smallest absolute Gasteiger partial charge is 0.340 e. The third-order valence-electron chi connectivity index (χ3n) is 2.95. The van der Waals surface area contributed by atoms with Gasteiger partial charge in [0.1, 0.15) is 0 Å². The van der Waals surface area contributed by atoms with E-state index in [-0.39, 0.29) is 25.3 Å². The highest BCUT2D eigenvalue weighted by Gasteiger charge is 2.17. The van der Waals surface area contributed by atoms with Crippen LogP contribution in [0.5, 0.6) is 0 Å². The van der Waals surface area contributed by atoms with Gasteiger partial charge >= 0.3 is 5.97 Å². The maximum Gasteiger partial charge on any atom is 0.340 e. The van der Waals surface area contributed by atoms with Crippen LogP contribution in [0.25, 0.3) is 0 Å². The van der Waals surface area contributed by atoms with E-state index in [0.29, 0.717) is 16.8 Å². The monoisotopic (exact) mass is 316 g/mol. The molecule has 0 saturated heterocycles. The number of pyridine rings is 1. The zero-order chi connectivity index (χ0) is 16.2. The molecule has 0 fully saturated rings.